The van der Waals surface area contributed by atoms with Crippen molar-refractivity contribution in [3.05, 3.63) is 299 Å². The number of allylic oxidation sites excluding steroid dienone is 11. The number of rotatable bonds is 13. The van der Waals surface area contributed by atoms with Gasteiger partial charge in [0.25, 0.3) is 0 Å². The molecule has 0 atom stereocenters. The molecule has 0 amide bonds. The molecule has 0 fully saturated rings. The molecule has 78 heavy (non-hydrogen) atoms. The van der Waals surface area contributed by atoms with Gasteiger partial charge in [-0.25, -0.2) is 0 Å². The Kier molecular flexibility index (Phi) is 15.5. The van der Waals surface area contributed by atoms with Gasteiger partial charge in [0.1, 0.15) is 0 Å². The van der Waals surface area contributed by atoms with Gasteiger partial charge in [0.15, 0.2) is 0 Å². The van der Waals surface area contributed by atoms with E-state index in [-0.39, 0.29) is 0 Å². The quantitative estimate of drug-likeness (QED) is 0.102. The molecule has 378 valence electrons. The Bertz CT molecular complexity index is 4210. The largest absolute Gasteiger partial charge is 0.309 e. The second kappa shape index (κ2) is 23.4. The predicted molar refractivity (Wildman–Crippen MR) is 344 cm³/mol. The highest BCUT2D eigenvalue weighted by atomic mass is 15.0. The van der Waals surface area contributed by atoms with Crippen molar-refractivity contribution in [1.29, 1.82) is 0 Å². The Balaban J connectivity index is 0.000000571. The maximum atomic E-state index is 4.32. The number of aromatic nitrogens is 2. The average Bonchev–Trinajstić information content (AvgIpc) is 4.35. The van der Waals surface area contributed by atoms with Crippen LogP contribution in [0.15, 0.2) is 282 Å². The molecule has 11 aromatic rings. The van der Waals surface area contributed by atoms with Gasteiger partial charge < -0.3 is 9.13 Å². The molecule has 2 heteroatoms. The van der Waals surface area contributed by atoms with E-state index >= 15 is 0 Å². The van der Waals surface area contributed by atoms with Gasteiger partial charge >= 0.3 is 0 Å². The molecule has 2 nitrogen and oxygen atoms in total. The Morgan fingerprint density at radius 1 is 0.423 bits per heavy atom. The van der Waals surface area contributed by atoms with Gasteiger partial charge in [-0.15, -0.1) is 0 Å². The van der Waals surface area contributed by atoms with Crippen molar-refractivity contribution in [1.82, 2.24) is 9.13 Å². The summed E-state index contributed by atoms with van der Waals surface area (Å²) in [4.78, 5) is 0. The van der Waals surface area contributed by atoms with Gasteiger partial charge in [0, 0.05) is 33.1 Å². The summed E-state index contributed by atoms with van der Waals surface area (Å²) in [7, 11) is 0. The van der Waals surface area contributed by atoms with Crippen molar-refractivity contribution in [2.75, 3.05) is 0 Å². The van der Waals surface area contributed by atoms with Crippen molar-refractivity contribution in [2.45, 2.75) is 27.2 Å². The van der Waals surface area contributed by atoms with Crippen LogP contribution < -0.4 is 0 Å². The van der Waals surface area contributed by atoms with E-state index in [1.165, 1.54) is 60.4 Å². The molecule has 0 bridgehead atoms. The monoisotopic (exact) mass is 1000 g/mol. The number of fused-ring (bicyclic) bond motifs is 8. The third-order valence-electron chi connectivity index (χ3n) is 14.5. The molecule has 0 aliphatic heterocycles. The molecule has 2 aromatic heterocycles. The fourth-order valence-corrected chi connectivity index (χ4v) is 11.0. The number of nitrogens with zero attached hydrogens (tertiary/aromatic N) is 2. The molecule has 0 radical (unpaired) electrons. The smallest absolute Gasteiger partial charge is 0.0553 e. The van der Waals surface area contributed by atoms with E-state index in [1.54, 1.807) is 12.2 Å². The van der Waals surface area contributed by atoms with Crippen LogP contribution in [-0.4, -0.2) is 9.13 Å². The van der Waals surface area contributed by atoms with Crippen LogP contribution in [-0.2, 0) is 0 Å². The summed E-state index contributed by atoms with van der Waals surface area (Å²) < 4.78 is 4.81. The Morgan fingerprint density at radius 3 is 1.65 bits per heavy atom. The Morgan fingerprint density at radius 2 is 1.01 bits per heavy atom. The fourth-order valence-electron chi connectivity index (χ4n) is 11.0. The molecule has 12 rings (SSSR count). The summed E-state index contributed by atoms with van der Waals surface area (Å²) in [5, 5.41) is 6.16. The van der Waals surface area contributed by atoms with Crippen molar-refractivity contribution in [3.8, 4) is 67.0 Å². The Hall–Kier alpha value is -9.76. The molecule has 0 spiro atoms. The average molecular weight is 1010 g/mol. The van der Waals surface area contributed by atoms with E-state index in [0.717, 1.165) is 78.9 Å². The normalized spacial score (nSPS) is 11.8. The third-order valence-corrected chi connectivity index (χ3v) is 14.5. The minimum atomic E-state index is 1.02. The SMILES string of the molecule is C/C=C\C=C/CC.C=C/C(=C\C=C/C)c1cc(-c2ccccc2)cc(-n2c3ccc(-c4ccc5c(c4)c(C=C)c(C=C)n5-c4cccc(-c5ccccc5)c4)cc3c3c4cccc5c4c(cc32)-c2ccccc2-5)c1.C=CC=C. The maximum Gasteiger partial charge on any atom is 0.0553 e. The minimum Gasteiger partial charge on any atom is -0.309 e. The van der Waals surface area contributed by atoms with Crippen LogP contribution in [0.25, 0.3) is 128 Å². The van der Waals surface area contributed by atoms with E-state index in [2.05, 4.69) is 267 Å². The zero-order chi connectivity index (χ0) is 54.1. The highest BCUT2D eigenvalue weighted by Crippen LogP contribution is 2.52. The maximum absolute atomic E-state index is 4.32. The highest BCUT2D eigenvalue weighted by Gasteiger charge is 2.26. The first-order valence-corrected chi connectivity index (χ1v) is 26.8. The minimum absolute atomic E-state index is 1.02. The topological polar surface area (TPSA) is 9.86 Å². The molecular weight excluding hydrogens is 941 g/mol. The third kappa shape index (κ3) is 9.73. The molecular formula is C76H64N2. The van der Waals surface area contributed by atoms with Gasteiger partial charge in [0.05, 0.1) is 22.2 Å². The molecule has 1 aliphatic carbocycles. The van der Waals surface area contributed by atoms with E-state index < -0.39 is 0 Å². The second-order valence-corrected chi connectivity index (χ2v) is 19.2. The van der Waals surface area contributed by atoms with Gasteiger partial charge in [-0.05, 0) is 165 Å². The van der Waals surface area contributed by atoms with Gasteiger partial charge in [0.2, 0.25) is 0 Å². The predicted octanol–water partition coefficient (Wildman–Crippen LogP) is 21.8. The fraction of sp³-hybridized carbons (Fsp3) is 0.0526. The lowest BCUT2D eigenvalue weighted by molar-refractivity contribution is 1.11. The lowest BCUT2D eigenvalue weighted by Crippen LogP contribution is -1.97. The molecule has 2 heterocycles. The summed E-state index contributed by atoms with van der Waals surface area (Å²) in [5.74, 6) is 0. The van der Waals surface area contributed by atoms with Crippen LogP contribution in [0.4, 0.5) is 0 Å². The molecule has 1 aliphatic rings. The van der Waals surface area contributed by atoms with Crippen LogP contribution in [0.5, 0.6) is 0 Å². The van der Waals surface area contributed by atoms with Crippen molar-refractivity contribution < 1.29 is 0 Å². The van der Waals surface area contributed by atoms with Gasteiger partial charge in [-0.3, -0.25) is 0 Å². The number of hydrogen-bond acceptors (Lipinski definition) is 0. The van der Waals surface area contributed by atoms with E-state index in [4.69, 9.17) is 0 Å². The number of hydrogen-bond donors (Lipinski definition) is 0. The zero-order valence-electron chi connectivity index (χ0n) is 45.0. The Labute approximate surface area is 460 Å². The van der Waals surface area contributed by atoms with E-state index in [0.29, 0.717) is 0 Å². The van der Waals surface area contributed by atoms with Crippen molar-refractivity contribution in [3.63, 3.8) is 0 Å². The van der Waals surface area contributed by atoms with Gasteiger partial charge in [-0.1, -0.05) is 234 Å². The van der Waals surface area contributed by atoms with Crippen molar-refractivity contribution >= 4 is 61.2 Å². The van der Waals surface area contributed by atoms with Crippen LogP contribution in [0, 0.1) is 0 Å². The van der Waals surface area contributed by atoms with E-state index in [1.807, 2.05) is 44.2 Å². The first kappa shape index (κ1) is 51.7. The zero-order valence-corrected chi connectivity index (χ0v) is 45.0. The van der Waals surface area contributed by atoms with Crippen LogP contribution in [0.2, 0.25) is 0 Å². The van der Waals surface area contributed by atoms with Crippen LogP contribution >= 0.6 is 0 Å². The standard InChI is InChI=1S/C65H46N2.C7H12.C4H6/c1-5-9-20-42(6-2)48-35-49(44-23-14-11-15-24-44)38-51(37-48)67-62-34-32-47(40-59(62)65-56-30-19-29-55-53-27-16-17-28-54(53)58(64(55)56)41-63(65)67)46-31-33-61-57(39-46)52(7-3)60(8-4)66(61)50-26-18-25-45(36-50)43-21-12-10-13-22-43;1-3-5-7-6-4-2;1-3-4-2/h5-41H,2-4H2,1H3;3,5-7H,4H2,1-2H3;3-4H,1-2H2/b9-5-,42-20+;5-3-,7-6-;. The second-order valence-electron chi connectivity index (χ2n) is 19.2. The molecule has 0 unspecified atom stereocenters. The molecule has 0 N–H and O–H groups in total. The lowest BCUT2D eigenvalue weighted by Gasteiger charge is -2.15. The van der Waals surface area contributed by atoms with Gasteiger partial charge in [-0.2, -0.15) is 0 Å². The summed E-state index contributed by atoms with van der Waals surface area (Å²) in [6.45, 7) is 25.8. The first-order valence-electron chi connectivity index (χ1n) is 26.8. The van der Waals surface area contributed by atoms with Crippen LogP contribution in [0.3, 0.4) is 0 Å². The molecule has 0 saturated heterocycles. The first-order chi connectivity index (χ1) is 38.4. The summed E-state index contributed by atoms with van der Waals surface area (Å²) in [6, 6.07) is 69.0. The lowest BCUT2D eigenvalue weighted by atomic mass is 9.96. The summed E-state index contributed by atoms with van der Waals surface area (Å²) in [5.41, 5.74) is 21.9. The number of benzene rings is 9. The molecule has 0 saturated carbocycles. The van der Waals surface area contributed by atoms with Crippen LogP contribution in [0.1, 0.15) is 44.0 Å². The molecule has 9 aromatic carbocycles. The van der Waals surface area contributed by atoms with Crippen molar-refractivity contribution in [2.24, 2.45) is 0 Å². The summed E-state index contributed by atoms with van der Waals surface area (Å²) in [6.07, 6.45) is 24.8. The highest BCUT2D eigenvalue weighted by molar-refractivity contribution is 6.29. The summed E-state index contributed by atoms with van der Waals surface area (Å²) >= 11 is 0. The van der Waals surface area contributed by atoms with E-state index in [9.17, 15) is 0 Å².